The molecule has 0 aliphatic rings. The van der Waals surface area contributed by atoms with Gasteiger partial charge in [0.25, 0.3) is 0 Å². The van der Waals surface area contributed by atoms with Gasteiger partial charge in [0.05, 0.1) is 55.5 Å². The minimum absolute atomic E-state index is 0.257. The van der Waals surface area contributed by atoms with Crippen molar-refractivity contribution in [1.82, 2.24) is 28.7 Å². The van der Waals surface area contributed by atoms with Gasteiger partial charge in [0.1, 0.15) is 17.1 Å². The number of pyridine rings is 2. The first-order valence-electron chi connectivity index (χ1n) is 38.7. The molecule has 0 saturated carbocycles. The number of imidazole rings is 3. The summed E-state index contributed by atoms with van der Waals surface area (Å²) in [6.07, 6.45) is 1.64. The summed E-state index contributed by atoms with van der Waals surface area (Å²) in [5.41, 5.74) is 28.6. The van der Waals surface area contributed by atoms with Crippen LogP contribution in [0.4, 0.5) is 11.4 Å². The lowest BCUT2D eigenvalue weighted by molar-refractivity contribution is 0.111. The van der Waals surface area contributed by atoms with Gasteiger partial charge in [-0.1, -0.05) is 344 Å². The number of aromatic nitrogens is 6. The average Bonchev–Trinajstić information content (AvgIpc) is 1.61. The molecule has 0 fully saturated rings. The summed E-state index contributed by atoms with van der Waals surface area (Å²) in [4.78, 5) is 38.9. The van der Waals surface area contributed by atoms with E-state index in [1.54, 1.807) is 48.5 Å². The number of carbonyl (C=O) groups excluding carboxylic acids is 2. The van der Waals surface area contributed by atoms with Crippen molar-refractivity contribution < 1.29 is 24.2 Å². The third-order valence-electron chi connectivity index (χ3n) is 19.8. The van der Waals surface area contributed by atoms with Crippen molar-refractivity contribution in [3.8, 4) is 33.6 Å². The molecule has 0 bridgehead atoms. The van der Waals surface area contributed by atoms with E-state index >= 15 is 0 Å². The van der Waals surface area contributed by atoms with E-state index in [0.29, 0.717) is 47.6 Å². The second-order valence-corrected chi connectivity index (χ2v) is 33.7. The molecule has 16 aromatic carbocycles. The van der Waals surface area contributed by atoms with Crippen LogP contribution < -0.4 is 27.5 Å². The average molecular weight is 1880 g/mol. The largest absolute Gasteiger partial charge is 0.489 e. The number of hydrogen-bond donors (Lipinski definition) is 5. The predicted molar refractivity (Wildman–Crippen MR) is 531 cm³/mol. The van der Waals surface area contributed by atoms with E-state index in [0.717, 1.165) is 138 Å². The van der Waals surface area contributed by atoms with Gasteiger partial charge in [-0.05, 0) is 161 Å². The molecule has 0 spiro atoms. The molecule has 0 aliphatic carbocycles. The molecule has 0 radical (unpaired) electrons. The summed E-state index contributed by atoms with van der Waals surface area (Å²) >= 11 is 51.2. The summed E-state index contributed by atoms with van der Waals surface area (Å²) in [7, 11) is -2.96. The number of aromatic amines is 1. The molecule has 21 aromatic rings. The number of aldehydes is 2. The number of para-hydroxylation sites is 8. The second kappa shape index (κ2) is 42.0. The van der Waals surface area contributed by atoms with Crippen LogP contribution >= 0.6 is 117 Å². The van der Waals surface area contributed by atoms with Crippen molar-refractivity contribution in [1.29, 1.82) is 0 Å². The lowest BCUT2D eigenvalue weighted by atomic mass is 9.80. The number of H-pyrrole nitrogens is 1. The Kier molecular flexibility index (Phi) is 29.9. The van der Waals surface area contributed by atoms with Crippen molar-refractivity contribution in [3.63, 3.8) is 0 Å². The Balaban J connectivity index is 0.000000119. The smallest absolute Gasteiger partial charge is 0.423 e. The molecule has 0 aliphatic heterocycles. The quantitative estimate of drug-likeness (QED) is 0.0320. The molecule has 24 heteroatoms. The third-order valence-corrected chi connectivity index (χ3v) is 24.2. The number of benzene rings is 16. The van der Waals surface area contributed by atoms with E-state index in [9.17, 15) is 14.2 Å². The first-order chi connectivity index (χ1) is 60.7. The number of nitrogens with two attached hydrogens (primary N) is 2. The predicted octanol–water partition coefficient (Wildman–Crippen LogP) is 27.8. The van der Waals surface area contributed by atoms with Crippen LogP contribution in [-0.4, -0.2) is 58.5 Å². The van der Waals surface area contributed by atoms with Crippen LogP contribution in [0.2, 0.25) is 40.2 Å². The number of nitrogens with zero attached hydrogens (tertiary/aromatic N) is 5. The Morgan fingerprint density at radius 2 is 0.712 bits per heavy atom. The monoisotopic (exact) mass is 1880 g/mol. The number of nitrogens with one attached hydrogen (secondary N) is 1. The van der Waals surface area contributed by atoms with Crippen LogP contribution in [0.3, 0.4) is 0 Å². The van der Waals surface area contributed by atoms with Crippen LogP contribution in [0.25, 0.3) is 121 Å². The van der Waals surface area contributed by atoms with E-state index in [1.165, 1.54) is 33.7 Å². The van der Waals surface area contributed by atoms with Gasteiger partial charge in [-0.2, -0.15) is 0 Å². The topological polar surface area (TPSA) is 207 Å². The Bertz CT molecular complexity index is 7210. The van der Waals surface area contributed by atoms with Gasteiger partial charge < -0.3 is 26.5 Å². The highest BCUT2D eigenvalue weighted by Crippen LogP contribution is 2.40. The lowest BCUT2D eigenvalue weighted by Gasteiger charge is -2.09. The van der Waals surface area contributed by atoms with Crippen LogP contribution in [0, 0.1) is 0 Å². The number of rotatable bonds is 8. The molecule has 0 atom stereocenters. The van der Waals surface area contributed by atoms with Gasteiger partial charge in [-0.3, -0.25) is 18.4 Å². The Labute approximate surface area is 768 Å². The number of nitrogen functional groups attached to an aromatic ring is 2. The number of anilines is 2. The van der Waals surface area contributed by atoms with Gasteiger partial charge >= 0.3 is 14.9 Å². The van der Waals surface area contributed by atoms with Gasteiger partial charge in [-0.15, -0.1) is 0 Å². The van der Waals surface area contributed by atoms with E-state index in [-0.39, 0.29) is 10.5 Å². The molecule has 21 rings (SSSR count). The van der Waals surface area contributed by atoms with Gasteiger partial charge in [0.15, 0.2) is 23.2 Å². The molecule has 0 unspecified atom stereocenters. The zero-order valence-electron chi connectivity index (χ0n) is 65.8. The molecule has 125 heavy (non-hydrogen) atoms. The van der Waals surface area contributed by atoms with Crippen molar-refractivity contribution in [2.24, 2.45) is 0 Å². The Morgan fingerprint density at radius 3 is 1.17 bits per heavy atom. The van der Waals surface area contributed by atoms with E-state index in [2.05, 4.69) is 103 Å². The third kappa shape index (κ3) is 21.2. The van der Waals surface area contributed by atoms with E-state index < -0.39 is 14.9 Å². The summed E-state index contributed by atoms with van der Waals surface area (Å²) in [5, 5.41) is 30.9. The Morgan fingerprint density at radius 1 is 0.336 bits per heavy atom. The van der Waals surface area contributed by atoms with Crippen molar-refractivity contribution in [3.05, 3.63) is 426 Å². The highest BCUT2D eigenvalue weighted by molar-refractivity contribution is 9.10. The summed E-state index contributed by atoms with van der Waals surface area (Å²) in [5.74, 6) is 0.827. The number of fused-ring (bicyclic) bond motifs is 17. The second-order valence-electron chi connectivity index (χ2n) is 27.8. The van der Waals surface area contributed by atoms with Crippen molar-refractivity contribution in [2.75, 3.05) is 11.5 Å². The van der Waals surface area contributed by atoms with Gasteiger partial charge in [0.2, 0.25) is 0 Å². The van der Waals surface area contributed by atoms with Crippen LogP contribution in [0.5, 0.6) is 0 Å². The summed E-state index contributed by atoms with van der Waals surface area (Å²) in [6, 6.07) is 118. The van der Waals surface area contributed by atoms with Crippen LogP contribution in [-0.2, 0) is 4.57 Å². The summed E-state index contributed by atoms with van der Waals surface area (Å²) in [6.45, 7) is 0. The number of hydrogen-bond acceptors (Lipinski definition) is 10. The lowest BCUT2D eigenvalue weighted by Crippen LogP contribution is -2.30. The van der Waals surface area contributed by atoms with Crippen molar-refractivity contribution in [2.45, 2.75) is 0 Å². The minimum atomic E-state index is -1.54. The minimum Gasteiger partial charge on any atom is -0.423 e. The SMILES string of the molecule is Clc1ccc(-c2ccccc2-c2nc3ccccc3[nH]2)c(Cl)c1.Clc1ccc2c3ccccc3c3nc4ccccc4n3c2c1.Clc1ccc2c3ccccc3c3nc4ccccc4n3c2c1.Nc1ccccc1N.O=Cc1ccccc1-c1ccc(Cl)cc1Cl.O=Cc1ccccc1Br.O=[P+](c1ccccc1)c1ccccc1.OB(O)c1ccc(Cl)cc1Cl. The molecule has 7 N–H and O–H groups in total. The molecule has 0 saturated heterocycles. The molecular weight excluding hydrogens is 1810 g/mol. The zero-order chi connectivity index (χ0) is 87.6. The first kappa shape index (κ1) is 89.0. The Hall–Kier alpha value is -12.2. The number of carbonyl (C=O) groups is 2. The van der Waals surface area contributed by atoms with Crippen LogP contribution in [0.1, 0.15) is 20.7 Å². The number of halogens is 9. The molecule has 13 nitrogen and oxygen atoms in total. The molecule has 614 valence electrons. The van der Waals surface area contributed by atoms with E-state index in [1.807, 2.05) is 237 Å². The maximum Gasteiger partial charge on any atom is 0.489 e. The normalized spacial score (nSPS) is 10.7. The van der Waals surface area contributed by atoms with Gasteiger partial charge in [0, 0.05) is 99.5 Å². The standard InChI is InChI=1S/C19H12Cl2N2.2C19H11ClN2.C13H8Cl2O.C12H10OP.C7H5BrO.C6H5BCl2O2.C6H8N2/c20-12-9-10-14(16(21)11-12)13-5-1-2-6-15(13)19-22-17-7-3-4-8-18(17)23-19;2*20-12-9-10-14-13-5-1-2-6-15(13)19-21-16-7-3-4-8-17(16)22(19)18(14)11-12;14-10-5-6-12(13(15)7-10)11-4-2-1-3-9(11)8-16;13-14(11-7-3-1-4-8-11)12-9-5-2-6-10-12;8-7-4-2-1-3-6(7)5-9;8-4-1-2-5(7(10)11)6(9)3-4;7-5-3-1-2-4-6(5)8/h1-11H,(H,22,23);2*1-11H;1-8H;1-10H;1-5H;1-3,10-11H;1-4H,7-8H2/q;;;;+1;;;. The fourth-order valence-electron chi connectivity index (χ4n) is 13.9. The zero-order valence-corrected chi connectivity index (χ0v) is 74.3. The first-order valence-corrected chi connectivity index (χ1v) is 43.7. The molecule has 5 aromatic heterocycles. The molecule has 5 heterocycles. The van der Waals surface area contributed by atoms with Gasteiger partial charge in [-0.25, -0.2) is 15.0 Å². The fraction of sp³-hybridized carbons (Fsp3) is 0. The molecular formula is C101H70BBrCl8N8O5P+. The highest BCUT2D eigenvalue weighted by Gasteiger charge is 2.23. The highest BCUT2D eigenvalue weighted by atomic mass is 79.9. The van der Waals surface area contributed by atoms with E-state index in [4.69, 9.17) is 129 Å². The molecule has 0 amide bonds. The van der Waals surface area contributed by atoms with Crippen LogP contribution in [0.15, 0.2) is 375 Å². The fourth-order valence-corrected chi connectivity index (χ4v) is 17.3. The summed E-state index contributed by atoms with van der Waals surface area (Å²) < 4.78 is 17.3. The van der Waals surface area contributed by atoms with Crippen molar-refractivity contribution >= 4 is 251 Å². The maximum atomic E-state index is 12.0. The maximum absolute atomic E-state index is 12.0.